The number of nitrogens with one attached hydrogen (secondary N) is 3. The molecule has 0 unspecified atom stereocenters. The molecular weight excluding hydrogens is 365 g/mol. The highest BCUT2D eigenvalue weighted by Gasteiger charge is 2.10. The van der Waals surface area contributed by atoms with Gasteiger partial charge in [-0.2, -0.15) is 0 Å². The minimum absolute atomic E-state index is 0.0578. The maximum Gasteiger partial charge on any atom is 0.286 e. The molecular formula is C14H12Cl3N3O3. The van der Waals surface area contributed by atoms with Gasteiger partial charge in [-0.05, 0) is 24.3 Å². The predicted octanol–water partition coefficient (Wildman–Crippen LogP) is 3.50. The molecule has 2 rings (SSSR count). The lowest BCUT2D eigenvalue weighted by molar-refractivity contribution is -0.120. The van der Waals surface area contributed by atoms with E-state index >= 15 is 0 Å². The summed E-state index contributed by atoms with van der Waals surface area (Å²) < 4.78 is 4.93. The van der Waals surface area contributed by atoms with Gasteiger partial charge in [-0.3, -0.25) is 20.4 Å². The molecule has 0 atom stereocenters. The van der Waals surface area contributed by atoms with Gasteiger partial charge in [-0.25, -0.2) is 0 Å². The Balaban J connectivity index is 1.76. The molecule has 1 heterocycles. The van der Waals surface area contributed by atoms with Crippen LogP contribution in [-0.2, 0) is 4.79 Å². The smallest absolute Gasteiger partial charge is 0.286 e. The van der Waals surface area contributed by atoms with Gasteiger partial charge >= 0.3 is 0 Å². The topological polar surface area (TPSA) is 83.4 Å². The SMILES string of the molecule is O=C(CCNC(=O)c1ccco1)NNc1c(Cl)cc(Cl)cc1Cl. The van der Waals surface area contributed by atoms with Gasteiger partial charge < -0.3 is 9.73 Å². The summed E-state index contributed by atoms with van der Waals surface area (Å²) in [4.78, 5) is 23.3. The molecule has 2 aromatic rings. The Hall–Kier alpha value is -1.89. The third-order valence-corrected chi connectivity index (χ3v) is 3.53. The average Bonchev–Trinajstić information content (AvgIpc) is 3.00. The van der Waals surface area contributed by atoms with Gasteiger partial charge in [0.2, 0.25) is 5.91 Å². The molecule has 1 aromatic heterocycles. The van der Waals surface area contributed by atoms with Crippen LogP contribution in [-0.4, -0.2) is 18.4 Å². The predicted molar refractivity (Wildman–Crippen MR) is 88.9 cm³/mol. The quantitative estimate of drug-likeness (QED) is 0.674. The maximum absolute atomic E-state index is 11.7. The van der Waals surface area contributed by atoms with E-state index in [1.54, 1.807) is 6.07 Å². The van der Waals surface area contributed by atoms with Crippen LogP contribution in [0.5, 0.6) is 0 Å². The van der Waals surface area contributed by atoms with Crippen LogP contribution in [0.3, 0.4) is 0 Å². The summed E-state index contributed by atoms with van der Waals surface area (Å²) in [6.45, 7) is 0.148. The molecule has 0 fully saturated rings. The number of halogens is 3. The third kappa shape index (κ3) is 5.06. The summed E-state index contributed by atoms with van der Waals surface area (Å²) in [7, 11) is 0. The molecule has 0 aliphatic rings. The maximum atomic E-state index is 11.7. The largest absolute Gasteiger partial charge is 0.459 e. The first-order chi connectivity index (χ1) is 11.0. The fourth-order valence-corrected chi connectivity index (χ4v) is 2.55. The molecule has 9 heteroatoms. The van der Waals surface area contributed by atoms with Gasteiger partial charge in [-0.15, -0.1) is 0 Å². The van der Waals surface area contributed by atoms with Crippen molar-refractivity contribution < 1.29 is 14.0 Å². The standard InChI is InChI=1S/C14H12Cl3N3O3/c15-8-6-9(16)13(10(17)7-8)20-19-12(21)3-4-18-14(22)11-2-1-5-23-11/h1-2,5-7,20H,3-4H2,(H,18,22)(H,19,21). The van der Waals surface area contributed by atoms with Crippen molar-refractivity contribution in [2.45, 2.75) is 6.42 Å². The lowest BCUT2D eigenvalue weighted by Crippen LogP contribution is -2.33. The van der Waals surface area contributed by atoms with E-state index < -0.39 is 0 Å². The number of hydrogen-bond acceptors (Lipinski definition) is 4. The molecule has 3 N–H and O–H groups in total. The Kier molecular flexibility index (Phi) is 6.15. The molecule has 0 bridgehead atoms. The van der Waals surface area contributed by atoms with Crippen molar-refractivity contribution in [2.75, 3.05) is 12.0 Å². The fourth-order valence-electron chi connectivity index (χ4n) is 1.64. The second kappa shape index (κ2) is 8.10. The van der Waals surface area contributed by atoms with E-state index in [0.29, 0.717) is 10.7 Å². The minimum Gasteiger partial charge on any atom is -0.459 e. The van der Waals surface area contributed by atoms with Crippen molar-refractivity contribution in [3.63, 3.8) is 0 Å². The van der Waals surface area contributed by atoms with Crippen LogP contribution in [0.25, 0.3) is 0 Å². The summed E-state index contributed by atoms with van der Waals surface area (Å²) in [6, 6.07) is 6.12. The van der Waals surface area contributed by atoms with Gasteiger partial charge in [0.25, 0.3) is 5.91 Å². The zero-order valence-electron chi connectivity index (χ0n) is 11.7. The number of hydrazine groups is 1. The van der Waals surface area contributed by atoms with Gasteiger partial charge in [0.05, 0.1) is 22.0 Å². The van der Waals surface area contributed by atoms with Crippen molar-refractivity contribution in [3.05, 3.63) is 51.4 Å². The van der Waals surface area contributed by atoms with Crippen molar-refractivity contribution in [1.82, 2.24) is 10.7 Å². The van der Waals surface area contributed by atoms with Crippen LogP contribution in [0, 0.1) is 0 Å². The van der Waals surface area contributed by atoms with Gasteiger partial charge in [-0.1, -0.05) is 34.8 Å². The van der Waals surface area contributed by atoms with Crippen LogP contribution >= 0.6 is 34.8 Å². The van der Waals surface area contributed by atoms with E-state index in [1.807, 2.05) is 0 Å². The summed E-state index contributed by atoms with van der Waals surface area (Å²) in [5, 5.41) is 3.48. The van der Waals surface area contributed by atoms with Crippen molar-refractivity contribution >= 4 is 52.3 Å². The minimum atomic E-state index is -0.389. The van der Waals surface area contributed by atoms with Gasteiger partial charge in [0.15, 0.2) is 5.76 Å². The Morgan fingerprint density at radius 3 is 2.43 bits per heavy atom. The number of benzene rings is 1. The number of carbonyl (C=O) groups excluding carboxylic acids is 2. The van der Waals surface area contributed by atoms with Crippen molar-refractivity contribution in [1.29, 1.82) is 0 Å². The van der Waals surface area contributed by atoms with Crippen LogP contribution < -0.4 is 16.2 Å². The molecule has 0 radical (unpaired) electrons. The first-order valence-electron chi connectivity index (χ1n) is 6.48. The zero-order valence-corrected chi connectivity index (χ0v) is 13.9. The number of amides is 2. The molecule has 6 nitrogen and oxygen atoms in total. The number of rotatable bonds is 6. The summed E-state index contributed by atoms with van der Waals surface area (Å²) in [5.41, 5.74) is 5.39. The van der Waals surface area contributed by atoms with Gasteiger partial charge in [0.1, 0.15) is 0 Å². The average molecular weight is 377 g/mol. The lowest BCUT2D eigenvalue weighted by atomic mass is 10.3. The second-order valence-corrected chi connectivity index (χ2v) is 5.65. The van der Waals surface area contributed by atoms with E-state index in [4.69, 9.17) is 39.2 Å². The second-order valence-electron chi connectivity index (χ2n) is 4.40. The molecule has 0 saturated heterocycles. The van der Waals surface area contributed by atoms with E-state index in [2.05, 4.69) is 16.2 Å². The van der Waals surface area contributed by atoms with E-state index in [0.717, 1.165) is 0 Å². The Labute approximate surface area is 147 Å². The highest BCUT2D eigenvalue weighted by Crippen LogP contribution is 2.32. The first kappa shape index (κ1) is 17.5. The molecule has 1 aromatic carbocycles. The Morgan fingerprint density at radius 1 is 1.13 bits per heavy atom. The van der Waals surface area contributed by atoms with Crippen molar-refractivity contribution in [2.24, 2.45) is 0 Å². The first-order valence-corrected chi connectivity index (χ1v) is 7.62. The Morgan fingerprint density at radius 2 is 1.83 bits per heavy atom. The van der Waals surface area contributed by atoms with Gasteiger partial charge in [0, 0.05) is 18.0 Å². The molecule has 0 spiro atoms. The lowest BCUT2D eigenvalue weighted by Gasteiger charge is -2.12. The number of carbonyl (C=O) groups is 2. The summed E-state index contributed by atoms with van der Waals surface area (Å²) in [6.07, 6.45) is 1.45. The normalized spacial score (nSPS) is 10.2. The highest BCUT2D eigenvalue weighted by atomic mass is 35.5. The van der Waals surface area contributed by atoms with Crippen LogP contribution in [0.15, 0.2) is 34.9 Å². The number of furan rings is 1. The monoisotopic (exact) mass is 375 g/mol. The van der Waals surface area contributed by atoms with E-state index in [9.17, 15) is 9.59 Å². The number of hydrogen-bond donors (Lipinski definition) is 3. The summed E-state index contributed by atoms with van der Waals surface area (Å²) in [5.74, 6) is -0.561. The number of anilines is 1. The van der Waals surface area contributed by atoms with Crippen LogP contribution in [0.1, 0.15) is 17.0 Å². The van der Waals surface area contributed by atoms with Crippen molar-refractivity contribution in [3.8, 4) is 0 Å². The zero-order chi connectivity index (χ0) is 16.8. The van der Waals surface area contributed by atoms with E-state index in [1.165, 1.54) is 24.5 Å². The summed E-state index contributed by atoms with van der Waals surface area (Å²) >= 11 is 17.7. The molecule has 122 valence electrons. The molecule has 0 aliphatic heterocycles. The molecule has 2 amide bonds. The molecule has 23 heavy (non-hydrogen) atoms. The molecule has 0 saturated carbocycles. The molecule has 0 aliphatic carbocycles. The van der Waals surface area contributed by atoms with Crippen LogP contribution in [0.4, 0.5) is 5.69 Å². The Bertz CT molecular complexity index is 682. The van der Waals surface area contributed by atoms with Crippen LogP contribution in [0.2, 0.25) is 15.1 Å². The fraction of sp³-hybridized carbons (Fsp3) is 0.143. The highest BCUT2D eigenvalue weighted by molar-refractivity contribution is 6.41. The third-order valence-electron chi connectivity index (χ3n) is 2.72. The van der Waals surface area contributed by atoms with E-state index in [-0.39, 0.29) is 40.6 Å².